The second kappa shape index (κ2) is 5.73. The zero-order chi connectivity index (χ0) is 17.4. The summed E-state index contributed by atoms with van der Waals surface area (Å²) in [7, 11) is 0. The van der Waals surface area contributed by atoms with E-state index in [2.05, 4.69) is 4.74 Å². The largest absolute Gasteiger partial charge is 0.511 e. The van der Waals surface area contributed by atoms with Crippen LogP contribution in [0.15, 0.2) is 47.3 Å². The molecule has 0 aliphatic heterocycles. The summed E-state index contributed by atoms with van der Waals surface area (Å²) in [6.07, 6.45) is -1.92. The van der Waals surface area contributed by atoms with E-state index in [1.54, 1.807) is 0 Å². The third kappa shape index (κ3) is 2.47. The number of carboxylic acid groups (broad SMARTS) is 1. The number of ether oxygens (including phenoxy) is 1. The molecule has 0 saturated heterocycles. The van der Waals surface area contributed by atoms with Crippen molar-refractivity contribution in [1.82, 2.24) is 4.57 Å². The zero-order valence-corrected chi connectivity index (χ0v) is 11.8. The molecule has 0 bridgehead atoms. The van der Waals surface area contributed by atoms with Crippen molar-refractivity contribution in [2.75, 3.05) is 0 Å². The first-order valence-corrected chi connectivity index (χ1v) is 6.59. The van der Waals surface area contributed by atoms with Gasteiger partial charge in [-0.2, -0.15) is 4.39 Å². The lowest BCUT2D eigenvalue weighted by atomic mass is 10.1. The van der Waals surface area contributed by atoms with E-state index in [1.165, 1.54) is 24.3 Å². The van der Waals surface area contributed by atoms with Crippen LogP contribution in [0.2, 0.25) is 0 Å². The van der Waals surface area contributed by atoms with Crippen LogP contribution in [0.3, 0.4) is 0 Å². The number of carbonyl (C=O) groups is 1. The Morgan fingerprint density at radius 2 is 1.71 bits per heavy atom. The highest BCUT2D eigenvalue weighted by Crippen LogP contribution is 2.26. The van der Waals surface area contributed by atoms with E-state index in [4.69, 9.17) is 5.11 Å². The summed E-state index contributed by atoms with van der Waals surface area (Å²) >= 11 is 0. The standard InChI is InChI=1S/C16H8F3NO4/c17-8-4-6-9(7-5-8)20-11-3-1-2-10(18)12(11)13(21)14(15(20)19)24-16(22)23/h1-7H,(H,22,23). The van der Waals surface area contributed by atoms with Crippen LogP contribution in [0, 0.1) is 17.6 Å². The molecule has 1 N–H and O–H groups in total. The lowest BCUT2D eigenvalue weighted by molar-refractivity contribution is 0.141. The van der Waals surface area contributed by atoms with Gasteiger partial charge in [0.1, 0.15) is 11.6 Å². The van der Waals surface area contributed by atoms with Gasteiger partial charge in [0.25, 0.3) is 0 Å². The molecule has 0 amide bonds. The molecule has 0 fully saturated rings. The molecule has 122 valence electrons. The Balaban J connectivity index is 2.47. The van der Waals surface area contributed by atoms with Gasteiger partial charge in [-0.15, -0.1) is 0 Å². The fourth-order valence-electron chi connectivity index (χ4n) is 2.36. The highest BCUT2D eigenvalue weighted by molar-refractivity contribution is 5.83. The smallest absolute Gasteiger partial charge is 0.449 e. The van der Waals surface area contributed by atoms with Gasteiger partial charge in [-0.25, -0.2) is 13.6 Å². The minimum Gasteiger partial charge on any atom is -0.449 e. The van der Waals surface area contributed by atoms with Gasteiger partial charge in [0.2, 0.25) is 17.1 Å². The van der Waals surface area contributed by atoms with E-state index >= 15 is 0 Å². The number of benzene rings is 2. The molecule has 0 radical (unpaired) electrons. The lowest BCUT2D eigenvalue weighted by Crippen LogP contribution is -2.20. The predicted molar refractivity (Wildman–Crippen MR) is 78.1 cm³/mol. The lowest BCUT2D eigenvalue weighted by Gasteiger charge is -2.15. The highest BCUT2D eigenvalue weighted by atomic mass is 19.1. The molecule has 3 aromatic rings. The molecule has 0 aliphatic rings. The molecule has 5 nitrogen and oxygen atoms in total. The van der Waals surface area contributed by atoms with Gasteiger partial charge in [-0.05, 0) is 36.4 Å². The van der Waals surface area contributed by atoms with Gasteiger partial charge in [0.05, 0.1) is 10.9 Å². The van der Waals surface area contributed by atoms with Crippen molar-refractivity contribution in [3.8, 4) is 11.4 Å². The normalized spacial score (nSPS) is 10.8. The van der Waals surface area contributed by atoms with E-state index in [0.29, 0.717) is 0 Å². The number of nitrogens with zero attached hydrogens (tertiary/aromatic N) is 1. The van der Waals surface area contributed by atoms with Gasteiger partial charge in [-0.1, -0.05) is 6.07 Å². The van der Waals surface area contributed by atoms with Crippen molar-refractivity contribution < 1.29 is 27.8 Å². The van der Waals surface area contributed by atoms with Crippen LogP contribution in [-0.2, 0) is 0 Å². The van der Waals surface area contributed by atoms with E-state index in [0.717, 1.165) is 22.8 Å². The van der Waals surface area contributed by atoms with Crippen LogP contribution in [0.5, 0.6) is 5.75 Å². The summed E-state index contributed by atoms with van der Waals surface area (Å²) in [4.78, 5) is 22.9. The van der Waals surface area contributed by atoms with Crippen LogP contribution < -0.4 is 10.2 Å². The van der Waals surface area contributed by atoms with Crippen molar-refractivity contribution >= 4 is 17.1 Å². The molecular formula is C16H8F3NO4. The molecule has 0 atom stereocenters. The molecule has 8 heteroatoms. The Morgan fingerprint density at radius 1 is 1.04 bits per heavy atom. The third-order valence-electron chi connectivity index (χ3n) is 3.32. The molecule has 0 aliphatic carbocycles. The van der Waals surface area contributed by atoms with E-state index < -0.39 is 40.3 Å². The number of pyridine rings is 1. The average molecular weight is 335 g/mol. The fraction of sp³-hybridized carbons (Fsp3) is 0. The average Bonchev–Trinajstić information content (AvgIpc) is 2.53. The first kappa shape index (κ1) is 15.6. The van der Waals surface area contributed by atoms with Gasteiger partial charge in [-0.3, -0.25) is 9.36 Å². The molecule has 3 rings (SSSR count). The van der Waals surface area contributed by atoms with Crippen molar-refractivity contribution in [3.05, 3.63) is 70.3 Å². The van der Waals surface area contributed by atoms with Gasteiger partial charge < -0.3 is 9.84 Å². The second-order valence-corrected chi connectivity index (χ2v) is 4.76. The molecule has 24 heavy (non-hydrogen) atoms. The number of rotatable bonds is 2. The van der Waals surface area contributed by atoms with Gasteiger partial charge in [0, 0.05) is 5.69 Å². The predicted octanol–water partition coefficient (Wildman–Crippen LogP) is 3.46. The number of halogens is 3. The topological polar surface area (TPSA) is 68.5 Å². The minimum atomic E-state index is -1.92. The zero-order valence-electron chi connectivity index (χ0n) is 11.8. The van der Waals surface area contributed by atoms with Crippen molar-refractivity contribution in [2.45, 2.75) is 0 Å². The molecule has 2 aromatic carbocycles. The van der Waals surface area contributed by atoms with Gasteiger partial charge in [0.15, 0.2) is 0 Å². The summed E-state index contributed by atoms with van der Waals surface area (Å²) in [5.74, 6) is -4.06. The summed E-state index contributed by atoms with van der Waals surface area (Å²) in [5.41, 5.74) is -1.33. The van der Waals surface area contributed by atoms with E-state index in [1.807, 2.05) is 0 Å². The van der Waals surface area contributed by atoms with Gasteiger partial charge >= 0.3 is 6.16 Å². The highest BCUT2D eigenvalue weighted by Gasteiger charge is 2.23. The van der Waals surface area contributed by atoms with Crippen LogP contribution in [0.25, 0.3) is 16.6 Å². The minimum absolute atomic E-state index is 0.0553. The Kier molecular flexibility index (Phi) is 3.72. The van der Waals surface area contributed by atoms with Crippen LogP contribution in [-0.4, -0.2) is 15.8 Å². The number of fused-ring (bicyclic) bond motifs is 1. The Morgan fingerprint density at radius 3 is 2.33 bits per heavy atom. The number of hydrogen-bond donors (Lipinski definition) is 1. The third-order valence-corrected chi connectivity index (χ3v) is 3.32. The number of aromatic nitrogens is 1. The Hall–Kier alpha value is -3.29. The van der Waals surface area contributed by atoms with Crippen LogP contribution in [0.1, 0.15) is 0 Å². The maximum Gasteiger partial charge on any atom is 0.511 e. The quantitative estimate of drug-likeness (QED) is 0.575. The Bertz CT molecular complexity index is 1010. The summed E-state index contributed by atoms with van der Waals surface area (Å²) < 4.78 is 46.8. The first-order valence-electron chi connectivity index (χ1n) is 6.59. The monoisotopic (exact) mass is 335 g/mol. The van der Waals surface area contributed by atoms with Crippen molar-refractivity contribution in [3.63, 3.8) is 0 Å². The maximum atomic E-state index is 14.7. The van der Waals surface area contributed by atoms with E-state index in [-0.39, 0.29) is 11.2 Å². The molecule has 0 unspecified atom stereocenters. The number of hydrogen-bond acceptors (Lipinski definition) is 3. The molecular weight excluding hydrogens is 327 g/mol. The van der Waals surface area contributed by atoms with Crippen molar-refractivity contribution in [2.24, 2.45) is 0 Å². The van der Waals surface area contributed by atoms with Crippen molar-refractivity contribution in [1.29, 1.82) is 0 Å². The maximum absolute atomic E-state index is 14.7. The summed E-state index contributed by atoms with van der Waals surface area (Å²) in [6, 6.07) is 7.97. The van der Waals surface area contributed by atoms with Crippen LogP contribution >= 0.6 is 0 Å². The first-order chi connectivity index (χ1) is 11.4. The van der Waals surface area contributed by atoms with E-state index in [9.17, 15) is 22.8 Å². The Labute approximate surface area is 132 Å². The molecule has 0 saturated carbocycles. The summed E-state index contributed by atoms with van der Waals surface area (Å²) in [6.45, 7) is 0. The second-order valence-electron chi connectivity index (χ2n) is 4.76. The fourth-order valence-corrected chi connectivity index (χ4v) is 2.36. The summed E-state index contributed by atoms with van der Waals surface area (Å²) in [5, 5.41) is 8.13. The molecule has 1 heterocycles. The SMILES string of the molecule is O=C(O)Oc1c(F)n(-c2ccc(F)cc2)c2cccc(F)c2c1=O. The van der Waals surface area contributed by atoms with Crippen LogP contribution in [0.4, 0.5) is 18.0 Å². The molecule has 0 spiro atoms. The molecule has 1 aromatic heterocycles.